The summed E-state index contributed by atoms with van der Waals surface area (Å²) < 4.78 is 2.25. The van der Waals surface area contributed by atoms with E-state index in [0.717, 1.165) is 36.5 Å². The first-order valence-electron chi connectivity index (χ1n) is 12.5. The summed E-state index contributed by atoms with van der Waals surface area (Å²) in [6, 6.07) is 16.6. The van der Waals surface area contributed by atoms with E-state index in [1.807, 2.05) is 0 Å². The summed E-state index contributed by atoms with van der Waals surface area (Å²) >= 11 is 0. The van der Waals surface area contributed by atoms with Crippen LogP contribution in [0.4, 0.5) is 5.69 Å². The molecule has 4 unspecified atom stereocenters. The molecule has 182 valence electrons. The van der Waals surface area contributed by atoms with Crippen LogP contribution in [0.1, 0.15) is 50.1 Å². The molecular weight excluding hydrogens is 424 g/mol. The minimum atomic E-state index is -0.250. The topological polar surface area (TPSA) is 70.4 Å². The quantitative estimate of drug-likeness (QED) is 0.543. The Hall–Kier alpha value is -2.86. The molecule has 1 aromatic heterocycles. The van der Waals surface area contributed by atoms with Gasteiger partial charge in [-0.25, -0.2) is 4.98 Å². The largest absolute Gasteiger partial charge is 0.483 e. The number of carboxylic acid groups (broad SMARTS) is 1. The number of hydrogen-bond acceptors (Lipinski definition) is 4. The van der Waals surface area contributed by atoms with Crippen LogP contribution in [0.25, 0.3) is 11.0 Å². The Morgan fingerprint density at radius 3 is 2.38 bits per heavy atom. The van der Waals surface area contributed by atoms with Gasteiger partial charge < -0.3 is 19.9 Å². The van der Waals surface area contributed by atoms with Crippen LogP contribution in [-0.2, 0) is 24.7 Å². The van der Waals surface area contributed by atoms with Gasteiger partial charge in [0.15, 0.2) is 0 Å². The average Bonchev–Trinajstić information content (AvgIpc) is 3.49. The number of rotatable bonds is 2. The predicted molar refractivity (Wildman–Crippen MR) is 139 cm³/mol. The fourth-order valence-corrected chi connectivity index (χ4v) is 5.78. The third-order valence-electron chi connectivity index (χ3n) is 8.15. The second-order valence-electron chi connectivity index (χ2n) is 10.00. The molecule has 6 nitrogen and oxygen atoms in total. The van der Waals surface area contributed by atoms with Crippen molar-refractivity contribution in [2.45, 2.75) is 58.0 Å². The number of nitrogens with zero attached hydrogens (tertiary/aromatic N) is 3. The van der Waals surface area contributed by atoms with E-state index in [4.69, 9.17) is 14.9 Å². The number of benzene rings is 2. The molecule has 0 spiro atoms. The smallest absolute Gasteiger partial charge is 0.290 e. The van der Waals surface area contributed by atoms with Gasteiger partial charge >= 0.3 is 0 Å². The SMILES string of the molecule is CC1C2CCC1NC2.CC1CCc2c(ccc3c2nc(Cc2ccccc2)n3C)N1C.O=CO. The van der Waals surface area contributed by atoms with Gasteiger partial charge in [-0.05, 0) is 68.7 Å². The Balaban J connectivity index is 0.000000205. The number of aryl methyl sites for hydroxylation is 2. The predicted octanol–water partition coefficient (Wildman–Crippen LogP) is 4.64. The molecule has 2 N–H and O–H groups in total. The third kappa shape index (κ3) is 4.83. The summed E-state index contributed by atoms with van der Waals surface area (Å²) in [5, 5.41) is 10.4. The Labute approximate surface area is 203 Å². The molecule has 6 rings (SSSR count). The van der Waals surface area contributed by atoms with Gasteiger partial charge in [0, 0.05) is 43.9 Å². The molecule has 2 fully saturated rings. The average molecular weight is 463 g/mol. The molecule has 34 heavy (non-hydrogen) atoms. The van der Waals surface area contributed by atoms with E-state index in [0.29, 0.717) is 6.04 Å². The summed E-state index contributed by atoms with van der Waals surface area (Å²) in [6.07, 6.45) is 6.13. The van der Waals surface area contributed by atoms with Gasteiger partial charge in [-0.1, -0.05) is 37.3 Å². The number of piperidine rings is 1. The van der Waals surface area contributed by atoms with Gasteiger partial charge in [0.25, 0.3) is 6.47 Å². The molecule has 3 aliphatic rings. The lowest BCUT2D eigenvalue weighted by atomic mass is 9.96. The highest BCUT2D eigenvalue weighted by molar-refractivity contribution is 5.86. The van der Waals surface area contributed by atoms with E-state index in [1.165, 1.54) is 53.7 Å². The van der Waals surface area contributed by atoms with E-state index in [9.17, 15) is 0 Å². The number of carbonyl (C=O) groups is 1. The zero-order valence-corrected chi connectivity index (χ0v) is 20.9. The maximum Gasteiger partial charge on any atom is 0.290 e. The van der Waals surface area contributed by atoms with Crippen LogP contribution in [0.2, 0.25) is 0 Å². The molecule has 2 aliphatic heterocycles. The number of anilines is 1. The lowest BCUT2D eigenvalue weighted by Crippen LogP contribution is -2.33. The Bertz CT molecular complexity index is 1090. The number of imidazole rings is 1. The Morgan fingerprint density at radius 2 is 1.82 bits per heavy atom. The minimum Gasteiger partial charge on any atom is -0.483 e. The molecule has 1 aliphatic carbocycles. The van der Waals surface area contributed by atoms with E-state index in [2.05, 4.69) is 85.2 Å². The highest BCUT2D eigenvalue weighted by Crippen LogP contribution is 2.36. The van der Waals surface area contributed by atoms with Crippen LogP contribution >= 0.6 is 0 Å². The summed E-state index contributed by atoms with van der Waals surface area (Å²) in [4.78, 5) is 15.8. The maximum atomic E-state index is 8.36. The van der Waals surface area contributed by atoms with Crippen LogP contribution in [0.5, 0.6) is 0 Å². The van der Waals surface area contributed by atoms with Crippen molar-refractivity contribution in [3.05, 3.63) is 59.4 Å². The van der Waals surface area contributed by atoms with Crippen molar-refractivity contribution in [2.24, 2.45) is 18.9 Å². The van der Waals surface area contributed by atoms with Gasteiger partial charge in [-0.3, -0.25) is 4.79 Å². The van der Waals surface area contributed by atoms with E-state index in [1.54, 1.807) is 0 Å². The van der Waals surface area contributed by atoms with Gasteiger partial charge in [-0.2, -0.15) is 0 Å². The molecule has 2 bridgehead atoms. The molecule has 3 aromatic rings. The number of fused-ring (bicyclic) bond motifs is 5. The van der Waals surface area contributed by atoms with Crippen molar-refractivity contribution in [2.75, 3.05) is 18.5 Å². The van der Waals surface area contributed by atoms with Crippen LogP contribution in [0.15, 0.2) is 42.5 Å². The lowest BCUT2D eigenvalue weighted by molar-refractivity contribution is -0.122. The normalized spacial score (nSPS) is 24.6. The second-order valence-corrected chi connectivity index (χ2v) is 10.00. The lowest BCUT2D eigenvalue weighted by Gasteiger charge is -2.33. The Morgan fingerprint density at radius 1 is 1.09 bits per heavy atom. The molecular formula is C28H38N4O2. The summed E-state index contributed by atoms with van der Waals surface area (Å²) in [7, 11) is 4.33. The van der Waals surface area contributed by atoms with Crippen molar-refractivity contribution >= 4 is 23.2 Å². The zero-order chi connectivity index (χ0) is 24.2. The fraction of sp³-hybridized carbons (Fsp3) is 0.500. The number of nitrogens with one attached hydrogen (secondary N) is 1. The molecule has 6 heteroatoms. The van der Waals surface area contributed by atoms with E-state index in [-0.39, 0.29) is 6.47 Å². The van der Waals surface area contributed by atoms with E-state index < -0.39 is 0 Å². The summed E-state index contributed by atoms with van der Waals surface area (Å²) in [6.45, 7) is 5.72. The fourth-order valence-electron chi connectivity index (χ4n) is 5.78. The highest BCUT2D eigenvalue weighted by atomic mass is 16.3. The van der Waals surface area contributed by atoms with Gasteiger partial charge in [0.2, 0.25) is 0 Å². The van der Waals surface area contributed by atoms with Crippen molar-refractivity contribution in [3.8, 4) is 0 Å². The molecule has 1 saturated heterocycles. The van der Waals surface area contributed by atoms with Crippen molar-refractivity contribution < 1.29 is 9.90 Å². The van der Waals surface area contributed by atoms with Crippen molar-refractivity contribution in [1.82, 2.24) is 14.9 Å². The molecule has 1 saturated carbocycles. The first-order valence-corrected chi connectivity index (χ1v) is 12.5. The monoisotopic (exact) mass is 462 g/mol. The Kier molecular flexibility index (Phi) is 7.57. The summed E-state index contributed by atoms with van der Waals surface area (Å²) in [5.74, 6) is 3.15. The van der Waals surface area contributed by atoms with Gasteiger partial charge in [0.05, 0.1) is 11.0 Å². The van der Waals surface area contributed by atoms with Gasteiger partial charge in [0.1, 0.15) is 5.82 Å². The van der Waals surface area contributed by atoms with Crippen molar-refractivity contribution in [1.29, 1.82) is 0 Å². The van der Waals surface area contributed by atoms with Gasteiger partial charge in [-0.15, -0.1) is 0 Å². The van der Waals surface area contributed by atoms with Crippen LogP contribution in [0.3, 0.4) is 0 Å². The van der Waals surface area contributed by atoms with Crippen LogP contribution < -0.4 is 10.2 Å². The third-order valence-corrected chi connectivity index (χ3v) is 8.15. The number of aromatic nitrogens is 2. The number of hydrogen-bond donors (Lipinski definition) is 2. The van der Waals surface area contributed by atoms with Crippen LogP contribution in [0, 0.1) is 11.8 Å². The first kappa shape index (κ1) is 24.3. The molecule has 3 heterocycles. The minimum absolute atomic E-state index is 0.250. The van der Waals surface area contributed by atoms with Crippen LogP contribution in [-0.4, -0.2) is 46.8 Å². The standard InChI is InChI=1S/C20H23N3.C7H13N.CH2O2/c1-14-9-10-16-17(22(14)2)11-12-18-20(16)21-19(23(18)3)13-15-7-5-4-6-8-15;1-5-6-2-3-7(5)8-4-6;2-1-3/h4-8,11-12,14H,9-10,13H2,1-3H3;5-8H,2-4H2,1H3;1H,(H,2,3). The highest BCUT2D eigenvalue weighted by Gasteiger charge is 2.37. The zero-order valence-electron chi connectivity index (χ0n) is 20.9. The molecule has 0 amide bonds. The second kappa shape index (κ2) is 10.6. The molecule has 0 radical (unpaired) electrons. The van der Waals surface area contributed by atoms with Crippen molar-refractivity contribution in [3.63, 3.8) is 0 Å². The maximum absolute atomic E-state index is 8.36. The molecule has 4 atom stereocenters. The summed E-state index contributed by atoms with van der Waals surface area (Å²) in [5.41, 5.74) is 6.51. The van der Waals surface area contributed by atoms with E-state index >= 15 is 0 Å². The first-order chi connectivity index (χ1) is 16.4. The molecule has 2 aromatic carbocycles.